The van der Waals surface area contributed by atoms with Crippen LogP contribution in [-0.4, -0.2) is 42.8 Å². The van der Waals surface area contributed by atoms with Crippen LogP contribution in [0.4, 0.5) is 15.3 Å². The second-order valence-electron chi connectivity index (χ2n) is 7.77. The molecule has 2 aliphatic rings. The van der Waals surface area contributed by atoms with E-state index in [1.165, 1.54) is 0 Å². The first kappa shape index (κ1) is 18.4. The van der Waals surface area contributed by atoms with E-state index >= 15 is 0 Å². The zero-order valence-electron chi connectivity index (χ0n) is 16.1. The highest BCUT2D eigenvalue weighted by molar-refractivity contribution is 5.95. The number of amides is 3. The Labute approximate surface area is 154 Å². The Balaban J connectivity index is 1.92. The van der Waals surface area contributed by atoms with Gasteiger partial charge in [-0.15, -0.1) is 0 Å². The SMILES string of the molecule is COc1c(N2CCCNC2=O)cc2c(c1C)CN(C(=O)OC(C)(C)C)C2. The second-order valence-corrected chi connectivity index (χ2v) is 7.77. The fraction of sp³-hybridized carbons (Fsp3) is 0.579. The van der Waals surface area contributed by atoms with Gasteiger partial charge in [-0.2, -0.15) is 0 Å². The highest BCUT2D eigenvalue weighted by atomic mass is 16.6. The van der Waals surface area contributed by atoms with Crippen LogP contribution in [0.1, 0.15) is 43.9 Å². The summed E-state index contributed by atoms with van der Waals surface area (Å²) in [7, 11) is 1.61. The number of nitrogens with one attached hydrogen (secondary N) is 1. The molecule has 2 aliphatic heterocycles. The molecule has 7 nitrogen and oxygen atoms in total. The number of carbonyl (C=O) groups is 2. The molecule has 1 N–H and O–H groups in total. The minimum Gasteiger partial charge on any atom is -0.494 e. The summed E-state index contributed by atoms with van der Waals surface area (Å²) in [6, 6.07) is 1.85. The van der Waals surface area contributed by atoms with Gasteiger partial charge in [0, 0.05) is 19.6 Å². The average Bonchev–Trinajstić information content (AvgIpc) is 2.98. The highest BCUT2D eigenvalue weighted by Crippen LogP contribution is 2.40. The molecule has 2 heterocycles. The molecule has 1 aromatic rings. The van der Waals surface area contributed by atoms with Gasteiger partial charge in [0.1, 0.15) is 11.4 Å². The van der Waals surface area contributed by atoms with Crippen molar-refractivity contribution in [2.45, 2.75) is 52.8 Å². The lowest BCUT2D eigenvalue weighted by atomic mass is 10.0. The maximum atomic E-state index is 12.4. The van der Waals surface area contributed by atoms with Gasteiger partial charge in [-0.25, -0.2) is 9.59 Å². The summed E-state index contributed by atoms with van der Waals surface area (Å²) in [5, 5.41) is 2.87. The van der Waals surface area contributed by atoms with Crippen LogP contribution in [0.15, 0.2) is 6.07 Å². The molecular formula is C19H27N3O4. The molecule has 1 fully saturated rings. The van der Waals surface area contributed by atoms with Gasteiger partial charge in [0.2, 0.25) is 0 Å². The molecule has 0 unspecified atom stereocenters. The molecule has 1 aromatic carbocycles. The number of rotatable bonds is 2. The van der Waals surface area contributed by atoms with E-state index in [4.69, 9.17) is 9.47 Å². The van der Waals surface area contributed by atoms with Gasteiger partial charge >= 0.3 is 12.1 Å². The van der Waals surface area contributed by atoms with Crippen molar-refractivity contribution in [3.05, 3.63) is 22.8 Å². The van der Waals surface area contributed by atoms with Crippen LogP contribution in [0, 0.1) is 6.92 Å². The maximum absolute atomic E-state index is 12.4. The summed E-state index contributed by atoms with van der Waals surface area (Å²) in [5.74, 6) is 0.687. The predicted octanol–water partition coefficient (Wildman–Crippen LogP) is 3.17. The van der Waals surface area contributed by atoms with Crippen LogP contribution < -0.4 is 15.0 Å². The van der Waals surface area contributed by atoms with Crippen molar-refractivity contribution in [2.24, 2.45) is 0 Å². The molecule has 0 spiro atoms. The Bertz CT molecular complexity index is 739. The molecule has 0 aromatic heterocycles. The van der Waals surface area contributed by atoms with Gasteiger partial charge in [-0.1, -0.05) is 0 Å². The van der Waals surface area contributed by atoms with Gasteiger partial charge in [0.15, 0.2) is 0 Å². The van der Waals surface area contributed by atoms with E-state index in [0.29, 0.717) is 31.9 Å². The van der Waals surface area contributed by atoms with Crippen molar-refractivity contribution in [2.75, 3.05) is 25.1 Å². The van der Waals surface area contributed by atoms with E-state index in [9.17, 15) is 9.59 Å². The van der Waals surface area contributed by atoms with Gasteiger partial charge in [0.05, 0.1) is 19.3 Å². The highest BCUT2D eigenvalue weighted by Gasteiger charge is 2.32. The molecule has 26 heavy (non-hydrogen) atoms. The van der Waals surface area contributed by atoms with Crippen molar-refractivity contribution in [1.82, 2.24) is 10.2 Å². The average molecular weight is 361 g/mol. The lowest BCUT2D eigenvalue weighted by molar-refractivity contribution is 0.0241. The third-order valence-electron chi connectivity index (χ3n) is 4.66. The number of anilines is 1. The fourth-order valence-electron chi connectivity index (χ4n) is 3.47. The third kappa shape index (κ3) is 3.43. The number of hydrogen-bond acceptors (Lipinski definition) is 4. The third-order valence-corrected chi connectivity index (χ3v) is 4.66. The zero-order valence-corrected chi connectivity index (χ0v) is 16.1. The van der Waals surface area contributed by atoms with Crippen LogP contribution in [-0.2, 0) is 17.8 Å². The van der Waals surface area contributed by atoms with Crippen molar-refractivity contribution in [3.8, 4) is 5.75 Å². The summed E-state index contributed by atoms with van der Waals surface area (Å²) in [6.07, 6.45) is 0.555. The number of ether oxygens (including phenoxy) is 2. The number of hydrogen-bond donors (Lipinski definition) is 1. The number of benzene rings is 1. The molecule has 0 bridgehead atoms. The molecular weight excluding hydrogens is 334 g/mol. The van der Waals surface area contributed by atoms with E-state index < -0.39 is 5.60 Å². The normalized spacial score (nSPS) is 17.0. The van der Waals surface area contributed by atoms with Crippen molar-refractivity contribution in [3.63, 3.8) is 0 Å². The molecule has 7 heteroatoms. The Morgan fingerprint density at radius 1 is 1.27 bits per heavy atom. The molecule has 0 atom stereocenters. The summed E-state index contributed by atoms with van der Waals surface area (Å²) in [5.41, 5.74) is 3.28. The Kier molecular flexibility index (Phi) is 4.73. The number of methoxy groups -OCH3 is 1. The van der Waals surface area contributed by atoms with Crippen molar-refractivity contribution < 1.29 is 19.1 Å². The van der Waals surface area contributed by atoms with E-state index in [0.717, 1.165) is 28.8 Å². The quantitative estimate of drug-likeness (QED) is 0.878. The van der Waals surface area contributed by atoms with Crippen LogP contribution in [0.5, 0.6) is 5.75 Å². The van der Waals surface area contributed by atoms with Crippen LogP contribution in [0.3, 0.4) is 0 Å². The largest absolute Gasteiger partial charge is 0.494 e. The Morgan fingerprint density at radius 2 is 2.00 bits per heavy atom. The monoisotopic (exact) mass is 361 g/mol. The first-order valence-electron chi connectivity index (χ1n) is 8.94. The summed E-state index contributed by atoms with van der Waals surface area (Å²) >= 11 is 0. The molecule has 142 valence electrons. The summed E-state index contributed by atoms with van der Waals surface area (Å²) in [6.45, 7) is 9.84. The van der Waals surface area contributed by atoms with Crippen LogP contribution in [0.2, 0.25) is 0 Å². The fourth-order valence-corrected chi connectivity index (χ4v) is 3.47. The van der Waals surface area contributed by atoms with Gasteiger partial charge in [0.25, 0.3) is 0 Å². The smallest absolute Gasteiger partial charge is 0.410 e. The molecule has 1 saturated heterocycles. The lowest BCUT2D eigenvalue weighted by Crippen LogP contribution is -2.46. The number of urea groups is 1. The summed E-state index contributed by atoms with van der Waals surface area (Å²) < 4.78 is 11.1. The number of fused-ring (bicyclic) bond motifs is 1. The van der Waals surface area contributed by atoms with E-state index in [1.54, 1.807) is 16.9 Å². The Morgan fingerprint density at radius 3 is 2.62 bits per heavy atom. The minimum absolute atomic E-state index is 0.115. The first-order valence-corrected chi connectivity index (χ1v) is 8.94. The topological polar surface area (TPSA) is 71.1 Å². The van der Waals surface area contributed by atoms with Crippen LogP contribution in [0.25, 0.3) is 0 Å². The summed E-state index contributed by atoms with van der Waals surface area (Å²) in [4.78, 5) is 28.1. The predicted molar refractivity (Wildman–Crippen MR) is 98.6 cm³/mol. The van der Waals surface area contributed by atoms with Crippen LogP contribution >= 0.6 is 0 Å². The van der Waals surface area contributed by atoms with E-state index in [2.05, 4.69) is 5.32 Å². The van der Waals surface area contributed by atoms with Gasteiger partial charge in [-0.05, 0) is 56.9 Å². The van der Waals surface area contributed by atoms with Gasteiger partial charge in [-0.3, -0.25) is 9.80 Å². The molecule has 0 saturated carbocycles. The maximum Gasteiger partial charge on any atom is 0.410 e. The van der Waals surface area contributed by atoms with Crippen molar-refractivity contribution >= 4 is 17.8 Å². The second kappa shape index (κ2) is 6.70. The molecule has 0 radical (unpaired) electrons. The molecule has 0 aliphatic carbocycles. The number of nitrogens with zero attached hydrogens (tertiary/aromatic N) is 2. The van der Waals surface area contributed by atoms with E-state index in [1.807, 2.05) is 33.8 Å². The lowest BCUT2D eigenvalue weighted by Gasteiger charge is -2.30. The molecule has 3 rings (SSSR count). The van der Waals surface area contributed by atoms with Crippen molar-refractivity contribution in [1.29, 1.82) is 0 Å². The number of carbonyl (C=O) groups excluding carboxylic acids is 2. The molecule has 3 amide bonds. The minimum atomic E-state index is -0.532. The first-order chi connectivity index (χ1) is 12.2. The van der Waals surface area contributed by atoms with Gasteiger partial charge < -0.3 is 14.8 Å². The van der Waals surface area contributed by atoms with E-state index in [-0.39, 0.29) is 12.1 Å². The standard InChI is InChI=1S/C19H27N3O4/c1-12-14-11-21(18(24)26-19(2,3)4)10-13(14)9-15(16(12)25-5)22-8-6-7-20-17(22)23/h9H,6-8,10-11H2,1-5H3,(H,20,23). The zero-order chi connectivity index (χ0) is 19.1. The Hall–Kier alpha value is -2.44.